The highest BCUT2D eigenvalue weighted by atomic mass is 16.6. The van der Waals surface area contributed by atoms with Gasteiger partial charge in [0.15, 0.2) is 0 Å². The maximum Gasteiger partial charge on any atom is 0.333 e. The maximum atomic E-state index is 14.5. The third-order valence-electron chi connectivity index (χ3n) is 12.0. The lowest BCUT2D eigenvalue weighted by atomic mass is 9.35. The number of ether oxygens (including phenoxy) is 3. The summed E-state index contributed by atoms with van der Waals surface area (Å²) in [5.74, 6) is -3.86. The van der Waals surface area contributed by atoms with Crippen LogP contribution in [0.3, 0.4) is 0 Å². The van der Waals surface area contributed by atoms with Gasteiger partial charge in [-0.05, 0) is 51.7 Å². The van der Waals surface area contributed by atoms with Gasteiger partial charge in [-0.3, -0.25) is 14.4 Å². The molecular formula is C35H44O10. The van der Waals surface area contributed by atoms with Crippen molar-refractivity contribution in [2.24, 2.45) is 33.5 Å². The molecule has 45 heavy (non-hydrogen) atoms. The molecule has 1 heterocycles. The number of fused-ring (bicyclic) bond motifs is 5. The highest BCUT2D eigenvalue weighted by molar-refractivity contribution is 5.92. The fourth-order valence-electron chi connectivity index (χ4n) is 9.78. The average Bonchev–Trinajstić information content (AvgIpc) is 3.63. The van der Waals surface area contributed by atoms with Crippen LogP contribution in [0.4, 0.5) is 0 Å². The molecule has 0 radical (unpaired) electrons. The molecular weight excluding hydrogens is 580 g/mol. The largest absolute Gasteiger partial charge is 0.472 e. The van der Waals surface area contributed by atoms with Crippen molar-refractivity contribution in [2.75, 3.05) is 0 Å². The van der Waals surface area contributed by atoms with Crippen LogP contribution in [0.15, 0.2) is 46.3 Å². The zero-order valence-corrected chi connectivity index (χ0v) is 27.2. The van der Waals surface area contributed by atoms with Crippen molar-refractivity contribution < 1.29 is 47.7 Å². The molecule has 11 atom stereocenters. The Labute approximate surface area is 263 Å². The van der Waals surface area contributed by atoms with Gasteiger partial charge < -0.3 is 28.5 Å². The van der Waals surface area contributed by atoms with Crippen LogP contribution in [0, 0.1) is 33.5 Å². The number of rotatable bonds is 6. The number of furan rings is 1. The second-order valence-corrected chi connectivity index (χ2v) is 14.2. The van der Waals surface area contributed by atoms with Crippen molar-refractivity contribution in [3.05, 3.63) is 47.5 Å². The highest BCUT2D eigenvalue weighted by Crippen LogP contribution is 2.73. The second kappa shape index (κ2) is 11.1. The Kier molecular flexibility index (Phi) is 8.08. The number of allylic oxidation sites excluding steroid dienone is 2. The molecule has 0 saturated heterocycles. The first-order valence-electron chi connectivity index (χ1n) is 15.6. The first-order chi connectivity index (χ1) is 21.0. The summed E-state index contributed by atoms with van der Waals surface area (Å²) in [6.45, 7) is 13.1. The monoisotopic (exact) mass is 624 g/mol. The molecule has 1 aromatic rings. The van der Waals surface area contributed by atoms with Gasteiger partial charge in [0.1, 0.15) is 30.4 Å². The summed E-state index contributed by atoms with van der Waals surface area (Å²) in [6, 6.07) is 1.84. The van der Waals surface area contributed by atoms with Gasteiger partial charge in [-0.2, -0.15) is 0 Å². The van der Waals surface area contributed by atoms with Crippen LogP contribution in [-0.2, 0) is 38.2 Å². The van der Waals surface area contributed by atoms with Gasteiger partial charge in [0.05, 0.1) is 29.5 Å². The standard InChI is InChI=1S/C35H44O10/c1-9-18(2)31(41)45-30-28(44-20(4)38)29-32(5,17-36)27(43-19(3)37)15-26(40)35(29,8)24-14-25(39)33(6)22(21-12-13-42-16-21)10-11-23(33)34(24,30)7/h9,11-13,16-17,22,24,26-30,40H,10,14-15H2,1-8H3/t22-,24-,26-,27+,28+,29-,30+,32+,33-,34-,35-/m1/s1. The van der Waals surface area contributed by atoms with Crippen LogP contribution in [-0.4, -0.2) is 59.5 Å². The molecule has 0 amide bonds. The number of carbonyl (C=O) groups is 5. The summed E-state index contributed by atoms with van der Waals surface area (Å²) in [5.41, 5.74) is -2.87. The van der Waals surface area contributed by atoms with Gasteiger partial charge in [0.25, 0.3) is 0 Å². The van der Waals surface area contributed by atoms with Gasteiger partial charge in [0, 0.05) is 54.9 Å². The van der Waals surface area contributed by atoms with Gasteiger partial charge in [-0.15, -0.1) is 0 Å². The first kappa shape index (κ1) is 32.9. The molecule has 3 saturated carbocycles. The van der Waals surface area contributed by atoms with E-state index in [0.717, 1.165) is 11.1 Å². The van der Waals surface area contributed by atoms with Gasteiger partial charge >= 0.3 is 17.9 Å². The molecule has 244 valence electrons. The van der Waals surface area contributed by atoms with Crippen LogP contribution >= 0.6 is 0 Å². The highest BCUT2D eigenvalue weighted by Gasteiger charge is 2.77. The molecule has 0 spiro atoms. The molecule has 0 bridgehead atoms. The van der Waals surface area contributed by atoms with Crippen molar-refractivity contribution in [3.63, 3.8) is 0 Å². The van der Waals surface area contributed by atoms with Crippen molar-refractivity contribution in [1.82, 2.24) is 0 Å². The lowest BCUT2D eigenvalue weighted by Gasteiger charge is -2.70. The quantitative estimate of drug-likeness (QED) is 0.156. The molecule has 5 rings (SSSR count). The fourth-order valence-corrected chi connectivity index (χ4v) is 9.78. The number of ketones is 1. The second-order valence-electron chi connectivity index (χ2n) is 14.2. The Hall–Kier alpha value is -3.53. The van der Waals surface area contributed by atoms with E-state index < -0.39 is 75.8 Å². The van der Waals surface area contributed by atoms with Crippen LogP contribution < -0.4 is 0 Å². The Morgan fingerprint density at radius 1 is 1.04 bits per heavy atom. The number of carbonyl (C=O) groups excluding carboxylic acids is 5. The predicted octanol–water partition coefficient (Wildman–Crippen LogP) is 4.64. The normalized spacial score (nSPS) is 42.4. The number of hydrogen-bond acceptors (Lipinski definition) is 10. The third-order valence-corrected chi connectivity index (χ3v) is 12.0. The van der Waals surface area contributed by atoms with E-state index in [9.17, 15) is 29.1 Å². The van der Waals surface area contributed by atoms with E-state index in [0.29, 0.717) is 18.3 Å². The Morgan fingerprint density at radius 3 is 2.27 bits per heavy atom. The predicted molar refractivity (Wildman–Crippen MR) is 160 cm³/mol. The summed E-state index contributed by atoms with van der Waals surface area (Å²) in [7, 11) is 0. The summed E-state index contributed by atoms with van der Waals surface area (Å²) in [5, 5.41) is 12.1. The average molecular weight is 625 g/mol. The molecule has 10 nitrogen and oxygen atoms in total. The van der Waals surface area contributed by atoms with E-state index in [4.69, 9.17) is 18.6 Å². The first-order valence-corrected chi connectivity index (χ1v) is 15.6. The SMILES string of the molecule is CC=C(C)C(=O)O[C@H]1[C@@H](OC(C)=O)[C@@H]2[C@@](C)(C=O)[C@@H](OC(C)=O)C[C@@H](O)[C@@]2(C)[C@@H]2CC(=O)[C@@]3(C)C(=CC[C@@H]3c3ccoc3)[C@]21C. The van der Waals surface area contributed by atoms with Crippen molar-refractivity contribution in [1.29, 1.82) is 0 Å². The Bertz CT molecular complexity index is 1470. The fraction of sp³-hybridized carbons (Fsp3) is 0.629. The van der Waals surface area contributed by atoms with Crippen molar-refractivity contribution in [2.45, 2.75) is 105 Å². The molecule has 1 N–H and O–H groups in total. The number of Topliss-reactive ketones (excluding diaryl/α,β-unsaturated/α-hetero) is 1. The van der Waals surface area contributed by atoms with Crippen molar-refractivity contribution >= 4 is 30.0 Å². The van der Waals surface area contributed by atoms with Gasteiger partial charge in [0.2, 0.25) is 0 Å². The molecule has 1 aromatic heterocycles. The number of aldehydes is 1. The van der Waals surface area contributed by atoms with Crippen molar-refractivity contribution in [3.8, 4) is 0 Å². The summed E-state index contributed by atoms with van der Waals surface area (Å²) >= 11 is 0. The maximum absolute atomic E-state index is 14.5. The lowest BCUT2D eigenvalue weighted by Crippen LogP contribution is -2.76. The molecule has 10 heteroatoms. The van der Waals surface area contributed by atoms with Gasteiger partial charge in [-0.25, -0.2) is 4.79 Å². The minimum absolute atomic E-state index is 0.0133. The van der Waals surface area contributed by atoms with E-state index >= 15 is 0 Å². The van der Waals surface area contributed by atoms with E-state index in [-0.39, 0.29) is 24.5 Å². The zero-order valence-electron chi connectivity index (χ0n) is 27.2. The van der Waals surface area contributed by atoms with Crippen LogP contribution in [0.25, 0.3) is 0 Å². The molecule has 0 aliphatic heterocycles. The van der Waals surface area contributed by atoms with E-state index in [1.165, 1.54) is 13.8 Å². The minimum atomic E-state index is -1.48. The third kappa shape index (κ3) is 4.49. The number of hydrogen-bond donors (Lipinski definition) is 1. The summed E-state index contributed by atoms with van der Waals surface area (Å²) in [6.07, 6.45) is 3.38. The smallest absolute Gasteiger partial charge is 0.333 e. The molecule has 0 unspecified atom stereocenters. The summed E-state index contributed by atoms with van der Waals surface area (Å²) in [4.78, 5) is 66.4. The van der Waals surface area contributed by atoms with E-state index in [2.05, 4.69) is 0 Å². The summed E-state index contributed by atoms with van der Waals surface area (Å²) < 4.78 is 23.5. The van der Waals surface area contributed by atoms with E-state index in [1.54, 1.807) is 39.4 Å². The number of esters is 3. The van der Waals surface area contributed by atoms with Crippen LogP contribution in [0.5, 0.6) is 0 Å². The van der Waals surface area contributed by atoms with Crippen LogP contribution in [0.1, 0.15) is 86.1 Å². The van der Waals surface area contributed by atoms with E-state index in [1.807, 2.05) is 32.9 Å². The number of aliphatic hydroxyl groups excluding tert-OH is 1. The lowest BCUT2D eigenvalue weighted by molar-refractivity contribution is -0.287. The minimum Gasteiger partial charge on any atom is -0.472 e. The van der Waals surface area contributed by atoms with Gasteiger partial charge in [-0.1, -0.05) is 31.6 Å². The van der Waals surface area contributed by atoms with Crippen LogP contribution in [0.2, 0.25) is 0 Å². The Balaban J connectivity index is 1.80. The molecule has 0 aromatic carbocycles. The Morgan fingerprint density at radius 2 is 1.71 bits per heavy atom. The topological polar surface area (TPSA) is 146 Å². The molecule has 4 aliphatic rings. The zero-order chi connectivity index (χ0) is 33.3. The molecule has 3 fully saturated rings. The number of aliphatic hydroxyl groups is 1. The molecule has 4 aliphatic carbocycles.